The molecule has 0 amide bonds. The van der Waals surface area contributed by atoms with Gasteiger partial charge in [0.1, 0.15) is 0 Å². The molecule has 0 saturated heterocycles. The summed E-state index contributed by atoms with van der Waals surface area (Å²) in [5.41, 5.74) is 8.02. The normalized spacial score (nSPS) is 11.6. The highest BCUT2D eigenvalue weighted by Crippen LogP contribution is 2.16. The lowest BCUT2D eigenvalue weighted by Crippen LogP contribution is -2.22. The van der Waals surface area contributed by atoms with Crippen LogP contribution in [0, 0.1) is 13.8 Å². The molecule has 1 heterocycles. The Morgan fingerprint density at radius 1 is 1.28 bits per heavy atom. The number of aliphatic imine (C=N–C) groups is 1. The molecular formula is C14H17N3S. The lowest BCUT2D eigenvalue weighted by Gasteiger charge is -2.05. The van der Waals surface area contributed by atoms with Gasteiger partial charge in [-0.05, 0) is 43.7 Å². The Morgan fingerprint density at radius 3 is 2.78 bits per heavy atom. The van der Waals surface area contributed by atoms with Crippen LogP contribution in [0.15, 0.2) is 41.4 Å². The lowest BCUT2D eigenvalue weighted by atomic mass is 10.2. The number of nitrogens with zero attached hydrogens (tertiary/aromatic N) is 1. The van der Waals surface area contributed by atoms with Gasteiger partial charge in [-0.25, -0.2) is 4.99 Å². The molecule has 0 aliphatic rings. The molecule has 1 aromatic carbocycles. The van der Waals surface area contributed by atoms with Crippen molar-refractivity contribution in [1.82, 2.24) is 0 Å². The summed E-state index contributed by atoms with van der Waals surface area (Å²) in [7, 11) is 0. The number of thiophene rings is 1. The molecule has 18 heavy (non-hydrogen) atoms. The molecule has 0 radical (unpaired) electrons. The smallest absolute Gasteiger partial charge is 0.193 e. The molecule has 1 aromatic heterocycles. The topological polar surface area (TPSA) is 50.4 Å². The van der Waals surface area contributed by atoms with Crippen LogP contribution >= 0.6 is 11.3 Å². The van der Waals surface area contributed by atoms with Crippen molar-refractivity contribution in [1.29, 1.82) is 0 Å². The fourth-order valence-electron chi connectivity index (χ4n) is 1.64. The fraction of sp³-hybridized carbons (Fsp3) is 0.214. The number of aryl methyl sites for hydroxylation is 2. The first-order chi connectivity index (χ1) is 8.63. The predicted octanol–water partition coefficient (Wildman–Crippen LogP) is 3.29. The van der Waals surface area contributed by atoms with Gasteiger partial charge in [0.15, 0.2) is 5.96 Å². The maximum atomic E-state index is 5.85. The van der Waals surface area contributed by atoms with Gasteiger partial charge in [0.25, 0.3) is 0 Å². The minimum atomic E-state index is 0.451. The molecule has 4 heteroatoms. The minimum absolute atomic E-state index is 0.451. The molecule has 94 valence electrons. The van der Waals surface area contributed by atoms with E-state index in [1.165, 1.54) is 15.3 Å². The van der Waals surface area contributed by atoms with E-state index in [2.05, 4.69) is 29.4 Å². The summed E-state index contributed by atoms with van der Waals surface area (Å²) in [6.07, 6.45) is 0. The third-order valence-corrected chi connectivity index (χ3v) is 3.48. The Kier molecular flexibility index (Phi) is 3.99. The van der Waals surface area contributed by atoms with Crippen LogP contribution in [0.25, 0.3) is 0 Å². The van der Waals surface area contributed by atoms with Gasteiger partial charge in [-0.3, -0.25) is 0 Å². The van der Waals surface area contributed by atoms with E-state index >= 15 is 0 Å². The molecule has 0 atom stereocenters. The molecule has 0 bridgehead atoms. The highest BCUT2D eigenvalue weighted by atomic mass is 32.1. The SMILES string of the molecule is Cc1cccc(NC(N)=NCc2ccc(C)s2)c1. The van der Waals surface area contributed by atoms with E-state index in [0.717, 1.165) is 5.69 Å². The van der Waals surface area contributed by atoms with Crippen molar-refractivity contribution in [3.05, 3.63) is 51.7 Å². The number of nitrogens with one attached hydrogen (secondary N) is 1. The largest absolute Gasteiger partial charge is 0.370 e. The number of hydrogen-bond acceptors (Lipinski definition) is 2. The second-order valence-corrected chi connectivity index (χ2v) is 5.58. The van der Waals surface area contributed by atoms with E-state index in [0.29, 0.717) is 12.5 Å². The first-order valence-corrected chi connectivity index (χ1v) is 6.64. The van der Waals surface area contributed by atoms with E-state index in [-0.39, 0.29) is 0 Å². The van der Waals surface area contributed by atoms with Crippen LogP contribution in [0.1, 0.15) is 15.3 Å². The second-order valence-electron chi connectivity index (χ2n) is 4.21. The Hall–Kier alpha value is -1.81. The van der Waals surface area contributed by atoms with Crippen molar-refractivity contribution < 1.29 is 0 Å². The average Bonchev–Trinajstić information content (AvgIpc) is 2.73. The Bertz CT molecular complexity index is 558. The summed E-state index contributed by atoms with van der Waals surface area (Å²) < 4.78 is 0. The van der Waals surface area contributed by atoms with E-state index in [4.69, 9.17) is 5.73 Å². The second kappa shape index (κ2) is 5.69. The minimum Gasteiger partial charge on any atom is -0.370 e. The van der Waals surface area contributed by atoms with E-state index in [1.807, 2.05) is 31.2 Å². The first kappa shape index (κ1) is 12.6. The molecule has 0 spiro atoms. The maximum absolute atomic E-state index is 5.85. The molecule has 2 aromatic rings. The van der Waals surface area contributed by atoms with Gasteiger partial charge in [-0.15, -0.1) is 11.3 Å². The van der Waals surface area contributed by atoms with Gasteiger partial charge < -0.3 is 11.1 Å². The Labute approximate surface area is 111 Å². The van der Waals surface area contributed by atoms with Crippen molar-refractivity contribution in [2.24, 2.45) is 10.7 Å². The van der Waals surface area contributed by atoms with E-state index < -0.39 is 0 Å². The number of guanidine groups is 1. The maximum Gasteiger partial charge on any atom is 0.193 e. The van der Waals surface area contributed by atoms with Gasteiger partial charge in [-0.1, -0.05) is 12.1 Å². The number of rotatable bonds is 3. The van der Waals surface area contributed by atoms with Crippen molar-refractivity contribution in [2.75, 3.05) is 5.32 Å². The quantitative estimate of drug-likeness (QED) is 0.656. The van der Waals surface area contributed by atoms with E-state index in [1.54, 1.807) is 11.3 Å². The number of nitrogens with two attached hydrogens (primary N) is 1. The summed E-state index contributed by atoms with van der Waals surface area (Å²) in [5.74, 6) is 0.451. The Morgan fingerprint density at radius 2 is 2.11 bits per heavy atom. The molecule has 3 N–H and O–H groups in total. The van der Waals surface area contributed by atoms with Crippen LogP contribution in [0.3, 0.4) is 0 Å². The molecule has 2 rings (SSSR count). The van der Waals surface area contributed by atoms with E-state index in [9.17, 15) is 0 Å². The third kappa shape index (κ3) is 3.60. The van der Waals surface area contributed by atoms with Crippen molar-refractivity contribution in [2.45, 2.75) is 20.4 Å². The van der Waals surface area contributed by atoms with Gasteiger partial charge >= 0.3 is 0 Å². The zero-order valence-electron chi connectivity index (χ0n) is 10.6. The fourth-order valence-corrected chi connectivity index (χ4v) is 2.46. The van der Waals surface area contributed by atoms with Crippen LogP contribution < -0.4 is 11.1 Å². The molecule has 0 aliphatic carbocycles. The highest BCUT2D eigenvalue weighted by molar-refractivity contribution is 7.11. The van der Waals surface area contributed by atoms with Crippen molar-refractivity contribution in [3.8, 4) is 0 Å². The van der Waals surface area contributed by atoms with Crippen LogP contribution in [0.4, 0.5) is 5.69 Å². The van der Waals surface area contributed by atoms with Gasteiger partial charge in [0.05, 0.1) is 6.54 Å². The summed E-state index contributed by atoms with van der Waals surface area (Å²) in [4.78, 5) is 6.85. The zero-order chi connectivity index (χ0) is 13.0. The lowest BCUT2D eigenvalue weighted by molar-refractivity contribution is 1.09. The third-order valence-electron chi connectivity index (χ3n) is 2.49. The monoisotopic (exact) mass is 259 g/mol. The number of benzene rings is 1. The zero-order valence-corrected chi connectivity index (χ0v) is 11.4. The van der Waals surface area contributed by atoms with Gasteiger partial charge in [0, 0.05) is 15.4 Å². The summed E-state index contributed by atoms with van der Waals surface area (Å²) in [6.45, 7) is 4.77. The Balaban J connectivity index is 1.97. The van der Waals surface area contributed by atoms with Crippen LogP contribution in [-0.4, -0.2) is 5.96 Å². The number of anilines is 1. The average molecular weight is 259 g/mol. The first-order valence-electron chi connectivity index (χ1n) is 5.82. The molecule has 0 saturated carbocycles. The predicted molar refractivity (Wildman–Crippen MR) is 79.2 cm³/mol. The summed E-state index contributed by atoms with van der Waals surface area (Å²) in [6, 6.07) is 12.2. The van der Waals surface area contributed by atoms with Crippen molar-refractivity contribution in [3.63, 3.8) is 0 Å². The van der Waals surface area contributed by atoms with Crippen molar-refractivity contribution >= 4 is 23.0 Å². The standard InChI is InChI=1S/C14H17N3S/c1-10-4-3-5-12(8-10)17-14(15)16-9-13-7-6-11(2)18-13/h3-8H,9H2,1-2H3,(H3,15,16,17). The van der Waals surface area contributed by atoms with Gasteiger partial charge in [0.2, 0.25) is 0 Å². The highest BCUT2D eigenvalue weighted by Gasteiger charge is 1.97. The summed E-state index contributed by atoms with van der Waals surface area (Å²) >= 11 is 1.75. The summed E-state index contributed by atoms with van der Waals surface area (Å²) in [5, 5.41) is 3.09. The van der Waals surface area contributed by atoms with Crippen LogP contribution in [0.2, 0.25) is 0 Å². The molecule has 0 unspecified atom stereocenters. The van der Waals surface area contributed by atoms with Crippen LogP contribution in [0.5, 0.6) is 0 Å². The molecule has 0 aliphatic heterocycles. The number of hydrogen-bond donors (Lipinski definition) is 2. The molecule has 3 nitrogen and oxygen atoms in total. The van der Waals surface area contributed by atoms with Crippen LogP contribution in [-0.2, 0) is 6.54 Å². The molecule has 0 fully saturated rings. The van der Waals surface area contributed by atoms with Gasteiger partial charge in [-0.2, -0.15) is 0 Å². The molecular weight excluding hydrogens is 242 g/mol.